The topological polar surface area (TPSA) is 38.1 Å². The molecule has 2 rings (SSSR count). The molecule has 0 aromatic carbocycles. The van der Waals surface area contributed by atoms with Gasteiger partial charge >= 0.3 is 0 Å². The van der Waals surface area contributed by atoms with Gasteiger partial charge in [0.05, 0.1) is 6.04 Å². The summed E-state index contributed by atoms with van der Waals surface area (Å²) in [7, 11) is 0. The largest absolute Gasteiger partial charge is 0.453 e. The van der Waals surface area contributed by atoms with Gasteiger partial charge in [0.15, 0.2) is 4.67 Å². The standard InChI is InChI=1S/C13H15BrN2O/c1-9-3-4-11(7-15-9)8-16-10(2)12-5-6-13(14)17-12/h3-7,10,16H,8H2,1-2H3. The van der Waals surface area contributed by atoms with Gasteiger partial charge in [0, 0.05) is 18.4 Å². The third kappa shape index (κ3) is 3.41. The van der Waals surface area contributed by atoms with Crippen molar-refractivity contribution in [2.45, 2.75) is 26.4 Å². The normalized spacial score (nSPS) is 12.6. The molecule has 1 atom stereocenters. The first-order valence-corrected chi connectivity index (χ1v) is 6.34. The highest BCUT2D eigenvalue weighted by atomic mass is 79.9. The maximum atomic E-state index is 5.49. The average Bonchev–Trinajstić information content (AvgIpc) is 2.75. The van der Waals surface area contributed by atoms with E-state index in [9.17, 15) is 0 Å². The number of hydrogen-bond acceptors (Lipinski definition) is 3. The van der Waals surface area contributed by atoms with E-state index in [4.69, 9.17) is 4.42 Å². The Kier molecular flexibility index (Phi) is 3.97. The lowest BCUT2D eigenvalue weighted by Gasteiger charge is -2.11. The fourth-order valence-corrected chi connectivity index (χ4v) is 1.85. The molecule has 0 aliphatic rings. The highest BCUT2D eigenvalue weighted by Crippen LogP contribution is 2.20. The molecule has 0 amide bonds. The third-order valence-corrected chi connectivity index (χ3v) is 3.03. The van der Waals surface area contributed by atoms with Crippen molar-refractivity contribution >= 4 is 15.9 Å². The zero-order valence-electron chi connectivity index (χ0n) is 9.90. The number of aryl methyl sites for hydroxylation is 1. The van der Waals surface area contributed by atoms with Crippen molar-refractivity contribution in [3.8, 4) is 0 Å². The third-order valence-electron chi connectivity index (χ3n) is 2.61. The molecular weight excluding hydrogens is 280 g/mol. The smallest absolute Gasteiger partial charge is 0.169 e. The van der Waals surface area contributed by atoms with E-state index in [1.165, 1.54) is 5.56 Å². The van der Waals surface area contributed by atoms with Crippen LogP contribution in [0.1, 0.15) is 30.0 Å². The highest BCUT2D eigenvalue weighted by Gasteiger charge is 2.08. The predicted octanol–water partition coefficient (Wildman–Crippen LogP) is 3.60. The number of nitrogens with zero attached hydrogens (tertiary/aromatic N) is 1. The van der Waals surface area contributed by atoms with Crippen LogP contribution in [-0.4, -0.2) is 4.98 Å². The first-order valence-electron chi connectivity index (χ1n) is 5.55. The van der Waals surface area contributed by atoms with Gasteiger partial charge in [0.1, 0.15) is 5.76 Å². The van der Waals surface area contributed by atoms with Gasteiger partial charge in [0.2, 0.25) is 0 Å². The summed E-state index contributed by atoms with van der Waals surface area (Å²) in [5, 5.41) is 3.39. The highest BCUT2D eigenvalue weighted by molar-refractivity contribution is 9.10. The van der Waals surface area contributed by atoms with Gasteiger partial charge in [-0.2, -0.15) is 0 Å². The van der Waals surface area contributed by atoms with Gasteiger partial charge in [-0.15, -0.1) is 0 Å². The number of rotatable bonds is 4. The van der Waals surface area contributed by atoms with Crippen molar-refractivity contribution in [2.75, 3.05) is 0 Å². The molecule has 3 nitrogen and oxygen atoms in total. The summed E-state index contributed by atoms with van der Waals surface area (Å²) < 4.78 is 6.25. The molecule has 1 N–H and O–H groups in total. The SMILES string of the molecule is Cc1ccc(CNC(C)c2ccc(Br)o2)cn1. The van der Waals surface area contributed by atoms with Gasteiger partial charge in [-0.05, 0) is 53.5 Å². The van der Waals surface area contributed by atoms with Crippen molar-refractivity contribution < 1.29 is 4.42 Å². The molecule has 17 heavy (non-hydrogen) atoms. The van der Waals surface area contributed by atoms with Gasteiger partial charge in [-0.3, -0.25) is 4.98 Å². The lowest BCUT2D eigenvalue weighted by molar-refractivity contribution is 0.417. The molecule has 0 bridgehead atoms. The van der Waals surface area contributed by atoms with E-state index in [-0.39, 0.29) is 6.04 Å². The van der Waals surface area contributed by atoms with Crippen LogP contribution in [0.3, 0.4) is 0 Å². The summed E-state index contributed by atoms with van der Waals surface area (Å²) in [6.45, 7) is 4.85. The Morgan fingerprint density at radius 1 is 1.35 bits per heavy atom. The first kappa shape index (κ1) is 12.3. The van der Waals surface area contributed by atoms with E-state index in [0.29, 0.717) is 0 Å². The Hall–Kier alpha value is -1.13. The lowest BCUT2D eigenvalue weighted by Crippen LogP contribution is -2.17. The van der Waals surface area contributed by atoms with E-state index in [1.807, 2.05) is 31.3 Å². The second kappa shape index (κ2) is 5.47. The number of nitrogens with one attached hydrogen (secondary N) is 1. The van der Waals surface area contributed by atoms with E-state index < -0.39 is 0 Å². The molecule has 0 saturated carbocycles. The molecule has 0 radical (unpaired) electrons. The Bertz CT molecular complexity index is 478. The van der Waals surface area contributed by atoms with Crippen LogP contribution in [0.15, 0.2) is 39.5 Å². The molecule has 0 spiro atoms. The fourth-order valence-electron chi connectivity index (χ4n) is 1.54. The van der Waals surface area contributed by atoms with Gasteiger partial charge in [-0.25, -0.2) is 0 Å². The summed E-state index contributed by atoms with van der Waals surface area (Å²) in [5.41, 5.74) is 2.21. The summed E-state index contributed by atoms with van der Waals surface area (Å²) >= 11 is 3.30. The van der Waals surface area contributed by atoms with E-state index in [0.717, 1.165) is 22.7 Å². The molecule has 2 aromatic rings. The molecule has 0 aliphatic heterocycles. The van der Waals surface area contributed by atoms with Crippen LogP contribution < -0.4 is 5.32 Å². The summed E-state index contributed by atoms with van der Waals surface area (Å²) in [6.07, 6.45) is 1.90. The zero-order chi connectivity index (χ0) is 12.3. The molecule has 2 heterocycles. The van der Waals surface area contributed by atoms with Crippen LogP contribution in [0, 0.1) is 6.92 Å². The number of halogens is 1. The second-order valence-electron chi connectivity index (χ2n) is 4.05. The number of aromatic nitrogens is 1. The molecule has 1 unspecified atom stereocenters. The fraction of sp³-hybridized carbons (Fsp3) is 0.308. The minimum absolute atomic E-state index is 0.183. The molecule has 4 heteroatoms. The van der Waals surface area contributed by atoms with Crippen LogP contribution in [0.4, 0.5) is 0 Å². The Morgan fingerprint density at radius 3 is 2.76 bits per heavy atom. The lowest BCUT2D eigenvalue weighted by atomic mass is 10.2. The minimum atomic E-state index is 0.183. The van der Waals surface area contributed by atoms with Gasteiger partial charge in [-0.1, -0.05) is 6.07 Å². The first-order chi connectivity index (χ1) is 8.15. The van der Waals surface area contributed by atoms with E-state index in [2.05, 4.69) is 39.2 Å². The van der Waals surface area contributed by atoms with Crippen molar-refractivity contribution in [3.63, 3.8) is 0 Å². The zero-order valence-corrected chi connectivity index (χ0v) is 11.5. The van der Waals surface area contributed by atoms with Crippen molar-refractivity contribution in [2.24, 2.45) is 0 Å². The van der Waals surface area contributed by atoms with Crippen LogP contribution in [0.2, 0.25) is 0 Å². The maximum absolute atomic E-state index is 5.49. The monoisotopic (exact) mass is 294 g/mol. The summed E-state index contributed by atoms with van der Waals surface area (Å²) in [4.78, 5) is 4.26. The molecule has 0 saturated heterocycles. The van der Waals surface area contributed by atoms with E-state index in [1.54, 1.807) is 0 Å². The van der Waals surface area contributed by atoms with Crippen molar-refractivity contribution in [1.29, 1.82) is 0 Å². The van der Waals surface area contributed by atoms with Crippen molar-refractivity contribution in [1.82, 2.24) is 10.3 Å². The summed E-state index contributed by atoms with van der Waals surface area (Å²) in [5.74, 6) is 0.928. The second-order valence-corrected chi connectivity index (χ2v) is 4.83. The predicted molar refractivity (Wildman–Crippen MR) is 70.6 cm³/mol. The van der Waals surface area contributed by atoms with E-state index >= 15 is 0 Å². The molecular formula is C13H15BrN2O. The molecule has 2 aromatic heterocycles. The number of furan rings is 1. The van der Waals surface area contributed by atoms with Gasteiger partial charge < -0.3 is 9.73 Å². The van der Waals surface area contributed by atoms with Gasteiger partial charge in [0.25, 0.3) is 0 Å². The molecule has 90 valence electrons. The molecule has 0 aliphatic carbocycles. The summed E-state index contributed by atoms with van der Waals surface area (Å²) in [6, 6.07) is 8.16. The maximum Gasteiger partial charge on any atom is 0.169 e. The average molecular weight is 295 g/mol. The van der Waals surface area contributed by atoms with Crippen LogP contribution in [0.25, 0.3) is 0 Å². The Labute approximate surface area is 109 Å². The number of hydrogen-bond donors (Lipinski definition) is 1. The minimum Gasteiger partial charge on any atom is -0.453 e. The quantitative estimate of drug-likeness (QED) is 0.936. The number of pyridine rings is 1. The van der Waals surface area contributed by atoms with Crippen molar-refractivity contribution in [3.05, 3.63) is 52.1 Å². The Morgan fingerprint density at radius 2 is 2.18 bits per heavy atom. The Balaban J connectivity index is 1.92. The van der Waals surface area contributed by atoms with Crippen LogP contribution >= 0.6 is 15.9 Å². The van der Waals surface area contributed by atoms with Crippen LogP contribution in [-0.2, 0) is 6.54 Å². The molecule has 0 fully saturated rings. The van der Waals surface area contributed by atoms with Crippen LogP contribution in [0.5, 0.6) is 0 Å².